The van der Waals surface area contributed by atoms with Crippen molar-refractivity contribution in [1.82, 2.24) is 10.6 Å². The zero-order valence-electron chi connectivity index (χ0n) is 16.8. The Labute approximate surface area is 177 Å². The van der Waals surface area contributed by atoms with Gasteiger partial charge in [-0.1, -0.05) is 19.3 Å². The van der Waals surface area contributed by atoms with E-state index in [2.05, 4.69) is 10.6 Å². The second-order valence-electron chi connectivity index (χ2n) is 8.17. The van der Waals surface area contributed by atoms with Crippen LogP contribution in [0.2, 0.25) is 0 Å². The Bertz CT molecular complexity index is 795. The maximum atomic E-state index is 12.7. The lowest BCUT2D eigenvalue weighted by atomic mass is 9.96. The van der Waals surface area contributed by atoms with E-state index < -0.39 is 48.1 Å². The van der Waals surface area contributed by atoms with Crippen LogP contribution in [0.1, 0.15) is 48.0 Å². The largest absolute Gasteiger partial charge is 0.441 e. The molecule has 3 aliphatic rings. The monoisotopic (exact) mass is 442 g/mol. The van der Waals surface area contributed by atoms with E-state index in [-0.39, 0.29) is 24.8 Å². The number of hydrogen-bond donors (Lipinski definition) is 2. The van der Waals surface area contributed by atoms with E-state index in [1.807, 2.05) is 0 Å². The van der Waals surface area contributed by atoms with Crippen LogP contribution in [0, 0.1) is 0 Å². The van der Waals surface area contributed by atoms with Crippen LogP contribution in [0.3, 0.4) is 0 Å². The molecule has 2 saturated heterocycles. The number of rotatable bonds is 4. The quantitative estimate of drug-likeness (QED) is 0.749. The van der Waals surface area contributed by atoms with Crippen LogP contribution in [0.4, 0.5) is 18.0 Å². The van der Waals surface area contributed by atoms with Crippen LogP contribution in [0.5, 0.6) is 0 Å². The fraction of sp³-hybridized carbons (Fsp3) is 0.619. The number of alkyl halides is 3. The summed E-state index contributed by atoms with van der Waals surface area (Å²) in [6.07, 6.45) is -1.30. The number of benzene rings is 1. The first-order valence-corrected chi connectivity index (χ1v) is 10.5. The summed E-state index contributed by atoms with van der Waals surface area (Å²) in [5.41, 5.74) is -0.715. The third kappa shape index (κ3) is 5.12. The van der Waals surface area contributed by atoms with Gasteiger partial charge in [0.25, 0.3) is 5.91 Å². The predicted octanol–water partition coefficient (Wildman–Crippen LogP) is 3.03. The molecular formula is C21H25F3N2O5. The van der Waals surface area contributed by atoms with Gasteiger partial charge in [-0.15, -0.1) is 0 Å². The average molecular weight is 442 g/mol. The number of fused-ring (bicyclic) bond motifs is 1. The summed E-state index contributed by atoms with van der Waals surface area (Å²) in [6, 6.07) is 3.62. The number of halogens is 3. The zero-order chi connectivity index (χ0) is 22.0. The van der Waals surface area contributed by atoms with Gasteiger partial charge in [0, 0.05) is 11.6 Å². The summed E-state index contributed by atoms with van der Waals surface area (Å²) in [5, 5.41) is 5.62. The molecule has 0 bridgehead atoms. The number of carbonyl (C=O) groups is 2. The Morgan fingerprint density at radius 3 is 2.29 bits per heavy atom. The van der Waals surface area contributed by atoms with Crippen molar-refractivity contribution < 1.29 is 37.0 Å². The van der Waals surface area contributed by atoms with Crippen molar-refractivity contribution in [1.29, 1.82) is 0 Å². The lowest BCUT2D eigenvalue weighted by Crippen LogP contribution is -2.45. The molecule has 31 heavy (non-hydrogen) atoms. The summed E-state index contributed by atoms with van der Waals surface area (Å²) in [7, 11) is 0. The van der Waals surface area contributed by atoms with E-state index in [0.29, 0.717) is 0 Å². The summed E-state index contributed by atoms with van der Waals surface area (Å²) in [4.78, 5) is 24.6. The van der Waals surface area contributed by atoms with E-state index in [0.717, 1.165) is 49.9 Å². The molecule has 10 heteroatoms. The van der Waals surface area contributed by atoms with Gasteiger partial charge in [-0.05, 0) is 37.1 Å². The maximum absolute atomic E-state index is 12.7. The van der Waals surface area contributed by atoms with Crippen molar-refractivity contribution in [3.63, 3.8) is 0 Å². The van der Waals surface area contributed by atoms with E-state index in [1.54, 1.807) is 0 Å². The van der Waals surface area contributed by atoms with E-state index >= 15 is 0 Å². The van der Waals surface area contributed by atoms with Gasteiger partial charge in [0.05, 0.1) is 24.8 Å². The normalized spacial score (nSPS) is 28.7. The van der Waals surface area contributed by atoms with Gasteiger partial charge < -0.3 is 24.8 Å². The minimum Gasteiger partial charge on any atom is -0.441 e. The van der Waals surface area contributed by atoms with Crippen LogP contribution in [-0.4, -0.2) is 55.6 Å². The Morgan fingerprint density at radius 2 is 1.61 bits per heavy atom. The predicted molar refractivity (Wildman–Crippen MR) is 102 cm³/mol. The highest BCUT2D eigenvalue weighted by molar-refractivity contribution is 5.94. The summed E-state index contributed by atoms with van der Waals surface area (Å²) < 4.78 is 54.9. The van der Waals surface area contributed by atoms with Crippen LogP contribution in [0.15, 0.2) is 24.3 Å². The molecule has 2 heterocycles. The maximum Gasteiger partial charge on any atom is 0.416 e. The molecule has 4 rings (SSSR count). The van der Waals surface area contributed by atoms with Gasteiger partial charge in [-0.25, -0.2) is 4.79 Å². The van der Waals surface area contributed by atoms with Crippen LogP contribution >= 0.6 is 0 Å². The van der Waals surface area contributed by atoms with Gasteiger partial charge in [-0.2, -0.15) is 13.2 Å². The lowest BCUT2D eigenvalue weighted by molar-refractivity contribution is -0.137. The number of carbonyl (C=O) groups excluding carboxylic acids is 2. The Morgan fingerprint density at radius 1 is 0.935 bits per heavy atom. The highest BCUT2D eigenvalue weighted by Crippen LogP contribution is 2.31. The van der Waals surface area contributed by atoms with Crippen LogP contribution in [-0.2, 0) is 20.4 Å². The molecule has 170 valence electrons. The second kappa shape index (κ2) is 9.04. The van der Waals surface area contributed by atoms with Crippen molar-refractivity contribution in [2.75, 3.05) is 13.2 Å². The van der Waals surface area contributed by atoms with E-state index in [1.165, 1.54) is 6.42 Å². The van der Waals surface area contributed by atoms with Gasteiger partial charge in [0.2, 0.25) is 0 Å². The molecule has 0 radical (unpaired) electrons. The van der Waals surface area contributed by atoms with Crippen molar-refractivity contribution in [2.24, 2.45) is 0 Å². The molecule has 2 amide bonds. The molecule has 4 unspecified atom stereocenters. The SMILES string of the molecule is O=C(NC1CCCCC1)OC1COC2C(NC(=O)c3ccc(C(F)(F)F)cc3)COC12. The van der Waals surface area contributed by atoms with Gasteiger partial charge >= 0.3 is 12.3 Å². The Balaban J connectivity index is 1.28. The number of ether oxygens (including phenoxy) is 3. The molecular weight excluding hydrogens is 417 g/mol. The van der Waals surface area contributed by atoms with Crippen molar-refractivity contribution >= 4 is 12.0 Å². The molecule has 1 aromatic rings. The highest BCUT2D eigenvalue weighted by atomic mass is 19.4. The Kier molecular flexibility index (Phi) is 6.38. The fourth-order valence-electron chi connectivity index (χ4n) is 4.34. The molecule has 3 fully saturated rings. The van der Waals surface area contributed by atoms with Crippen molar-refractivity contribution in [3.05, 3.63) is 35.4 Å². The minimum absolute atomic E-state index is 0.106. The molecule has 1 aromatic carbocycles. The minimum atomic E-state index is -4.46. The van der Waals surface area contributed by atoms with Crippen molar-refractivity contribution in [3.8, 4) is 0 Å². The standard InChI is InChI=1S/C21H25F3N2O5/c22-21(23,24)13-8-6-12(7-9-13)19(27)26-15-10-29-18-16(11-30-17(15)18)31-20(28)25-14-4-2-1-3-5-14/h6-9,14-18H,1-5,10-11H2,(H,25,28)(H,26,27). The molecule has 2 aliphatic heterocycles. The third-order valence-corrected chi connectivity index (χ3v) is 5.98. The van der Waals surface area contributed by atoms with E-state index in [4.69, 9.17) is 14.2 Å². The molecule has 2 N–H and O–H groups in total. The number of hydrogen-bond acceptors (Lipinski definition) is 5. The molecule has 1 aliphatic carbocycles. The highest BCUT2D eigenvalue weighted by Gasteiger charge is 2.50. The smallest absolute Gasteiger partial charge is 0.416 e. The van der Waals surface area contributed by atoms with Gasteiger partial charge in [0.1, 0.15) is 12.2 Å². The third-order valence-electron chi connectivity index (χ3n) is 5.98. The zero-order valence-corrected chi connectivity index (χ0v) is 16.8. The van der Waals surface area contributed by atoms with Crippen molar-refractivity contribution in [2.45, 2.75) is 68.7 Å². The second-order valence-corrected chi connectivity index (χ2v) is 8.17. The molecule has 0 spiro atoms. The number of nitrogens with one attached hydrogen (secondary N) is 2. The summed E-state index contributed by atoms with van der Waals surface area (Å²) in [6.45, 7) is 0.311. The average Bonchev–Trinajstić information content (AvgIpc) is 3.31. The number of alkyl carbamates (subject to hydrolysis) is 1. The van der Waals surface area contributed by atoms with E-state index in [9.17, 15) is 22.8 Å². The molecule has 1 saturated carbocycles. The first kappa shape index (κ1) is 21.9. The molecule has 4 atom stereocenters. The van der Waals surface area contributed by atoms with Crippen LogP contribution < -0.4 is 10.6 Å². The lowest BCUT2D eigenvalue weighted by Gasteiger charge is -2.24. The van der Waals surface area contributed by atoms with Crippen LogP contribution in [0.25, 0.3) is 0 Å². The first-order chi connectivity index (χ1) is 14.8. The summed E-state index contributed by atoms with van der Waals surface area (Å²) in [5.74, 6) is -0.522. The Hall–Kier alpha value is -2.33. The molecule has 7 nitrogen and oxygen atoms in total. The molecule has 0 aromatic heterocycles. The summed E-state index contributed by atoms with van der Waals surface area (Å²) >= 11 is 0. The fourth-order valence-corrected chi connectivity index (χ4v) is 4.34. The van der Waals surface area contributed by atoms with Gasteiger partial charge in [-0.3, -0.25) is 4.79 Å². The topological polar surface area (TPSA) is 85.9 Å². The first-order valence-electron chi connectivity index (χ1n) is 10.5. The number of amides is 2. The van der Waals surface area contributed by atoms with Gasteiger partial charge in [0.15, 0.2) is 6.10 Å².